The number of amidine groups is 1. The van der Waals surface area contributed by atoms with E-state index in [-0.39, 0.29) is 5.91 Å². The van der Waals surface area contributed by atoms with Gasteiger partial charge in [-0.05, 0) is 64.5 Å². The molecule has 4 aromatic rings. The van der Waals surface area contributed by atoms with Crippen LogP contribution in [0.25, 0.3) is 16.8 Å². The lowest BCUT2D eigenvalue weighted by molar-refractivity contribution is -0.113. The van der Waals surface area contributed by atoms with Gasteiger partial charge in [-0.2, -0.15) is 0 Å². The van der Waals surface area contributed by atoms with Gasteiger partial charge in [-0.3, -0.25) is 9.69 Å². The van der Waals surface area contributed by atoms with Crippen LogP contribution >= 0.6 is 11.8 Å². The molecule has 4 heteroatoms. The van der Waals surface area contributed by atoms with Crippen molar-refractivity contribution in [2.24, 2.45) is 4.99 Å². The Hall–Kier alpha value is -3.63. The fourth-order valence-corrected chi connectivity index (χ4v) is 4.42. The first-order chi connectivity index (χ1) is 14.8. The quantitative estimate of drug-likeness (QED) is 0.357. The topological polar surface area (TPSA) is 32.7 Å². The molecule has 0 bridgehead atoms. The van der Waals surface area contributed by atoms with Crippen LogP contribution in [0.15, 0.2) is 113 Å². The van der Waals surface area contributed by atoms with Gasteiger partial charge < -0.3 is 0 Å². The maximum atomic E-state index is 13.3. The van der Waals surface area contributed by atoms with Crippen molar-refractivity contribution < 1.29 is 4.79 Å². The van der Waals surface area contributed by atoms with Gasteiger partial charge in [0.05, 0.1) is 16.3 Å². The maximum Gasteiger partial charge on any atom is 0.271 e. The van der Waals surface area contributed by atoms with E-state index >= 15 is 0 Å². The number of carbonyl (C=O) groups excluding carboxylic acids is 1. The molecule has 0 aromatic heterocycles. The Labute approximate surface area is 179 Å². The predicted molar refractivity (Wildman–Crippen MR) is 127 cm³/mol. The molecular weight excluding hydrogens is 388 g/mol. The van der Waals surface area contributed by atoms with Crippen molar-refractivity contribution in [2.45, 2.75) is 0 Å². The number of carbonyl (C=O) groups is 1. The summed E-state index contributed by atoms with van der Waals surface area (Å²) in [5.41, 5.74) is 2.63. The Morgan fingerprint density at radius 3 is 2.17 bits per heavy atom. The summed E-state index contributed by atoms with van der Waals surface area (Å²) in [6.45, 7) is 0. The molecule has 1 aliphatic rings. The van der Waals surface area contributed by atoms with E-state index in [4.69, 9.17) is 4.99 Å². The van der Waals surface area contributed by atoms with Gasteiger partial charge in [0.2, 0.25) is 0 Å². The molecule has 3 nitrogen and oxygen atoms in total. The number of anilines is 1. The van der Waals surface area contributed by atoms with Crippen LogP contribution in [0.5, 0.6) is 0 Å². The van der Waals surface area contributed by atoms with Crippen LogP contribution in [-0.2, 0) is 4.79 Å². The lowest BCUT2D eigenvalue weighted by Crippen LogP contribution is -2.28. The smallest absolute Gasteiger partial charge is 0.268 e. The molecule has 0 spiro atoms. The summed E-state index contributed by atoms with van der Waals surface area (Å²) in [7, 11) is 0. The SMILES string of the molecule is O=C1C(=Cc2ccc3ccccc3c2)SC(=Nc2ccccc2)N1c1ccccc1. The maximum absolute atomic E-state index is 13.3. The molecule has 5 rings (SSSR count). The average molecular weight is 407 g/mol. The molecule has 1 fully saturated rings. The van der Waals surface area contributed by atoms with E-state index in [2.05, 4.69) is 24.3 Å². The van der Waals surface area contributed by atoms with E-state index < -0.39 is 0 Å². The van der Waals surface area contributed by atoms with Crippen LogP contribution in [-0.4, -0.2) is 11.1 Å². The van der Waals surface area contributed by atoms with Crippen molar-refractivity contribution in [1.82, 2.24) is 0 Å². The summed E-state index contributed by atoms with van der Waals surface area (Å²) in [4.78, 5) is 20.4. The molecule has 1 amide bonds. The third-order valence-corrected chi connectivity index (χ3v) is 5.84. The number of thioether (sulfide) groups is 1. The minimum absolute atomic E-state index is 0.0611. The van der Waals surface area contributed by atoms with Gasteiger partial charge in [-0.25, -0.2) is 4.99 Å². The number of rotatable bonds is 3. The fourth-order valence-electron chi connectivity index (χ4n) is 3.42. The van der Waals surface area contributed by atoms with E-state index in [0.717, 1.165) is 22.3 Å². The highest BCUT2D eigenvalue weighted by molar-refractivity contribution is 8.19. The van der Waals surface area contributed by atoms with Crippen molar-refractivity contribution in [2.75, 3.05) is 4.90 Å². The number of hydrogen-bond donors (Lipinski definition) is 0. The van der Waals surface area contributed by atoms with Crippen molar-refractivity contribution >= 4 is 51.1 Å². The zero-order valence-corrected chi connectivity index (χ0v) is 16.9. The lowest BCUT2D eigenvalue weighted by Gasteiger charge is -2.15. The third-order valence-electron chi connectivity index (χ3n) is 4.87. The van der Waals surface area contributed by atoms with Crippen molar-refractivity contribution in [3.05, 3.63) is 114 Å². The van der Waals surface area contributed by atoms with Gasteiger partial charge in [0.15, 0.2) is 5.17 Å². The number of aliphatic imine (C=N–C) groups is 1. The van der Waals surface area contributed by atoms with E-state index in [1.807, 2.05) is 84.9 Å². The minimum Gasteiger partial charge on any atom is -0.268 e. The van der Waals surface area contributed by atoms with Crippen LogP contribution in [0.3, 0.4) is 0 Å². The first-order valence-corrected chi connectivity index (χ1v) is 10.5. The average Bonchev–Trinajstić information content (AvgIpc) is 3.09. The second kappa shape index (κ2) is 8.01. The molecular formula is C26H18N2OS. The molecule has 0 atom stereocenters. The van der Waals surface area contributed by atoms with Crippen LogP contribution < -0.4 is 4.90 Å². The van der Waals surface area contributed by atoms with Gasteiger partial charge in [-0.15, -0.1) is 0 Å². The van der Waals surface area contributed by atoms with Gasteiger partial charge >= 0.3 is 0 Å². The summed E-state index contributed by atoms with van der Waals surface area (Å²) in [5.74, 6) is -0.0611. The number of benzene rings is 4. The summed E-state index contributed by atoms with van der Waals surface area (Å²) in [6.07, 6.45) is 1.95. The molecule has 144 valence electrons. The third kappa shape index (κ3) is 3.65. The largest absolute Gasteiger partial charge is 0.271 e. The van der Waals surface area contributed by atoms with Crippen LogP contribution in [0.4, 0.5) is 11.4 Å². The predicted octanol–water partition coefficient (Wildman–Crippen LogP) is 6.65. The molecule has 1 heterocycles. The van der Waals surface area contributed by atoms with Gasteiger partial charge in [0.1, 0.15) is 0 Å². The second-order valence-electron chi connectivity index (χ2n) is 6.92. The minimum atomic E-state index is -0.0611. The Balaban J connectivity index is 1.57. The standard InChI is InChI=1S/C26H18N2OS/c29-25-24(18-19-15-16-20-9-7-8-10-21(20)17-19)30-26(27-22-11-3-1-4-12-22)28(25)23-13-5-2-6-14-23/h1-18H. The first-order valence-electron chi connectivity index (χ1n) is 9.69. The molecule has 0 unspecified atom stereocenters. The van der Waals surface area contributed by atoms with Crippen molar-refractivity contribution in [3.8, 4) is 0 Å². The number of hydrogen-bond acceptors (Lipinski definition) is 3. The van der Waals surface area contributed by atoms with E-state index in [1.165, 1.54) is 17.1 Å². The molecule has 0 saturated carbocycles. The molecule has 0 radical (unpaired) electrons. The Bertz CT molecular complexity index is 1280. The van der Waals surface area contributed by atoms with Crippen LogP contribution in [0.2, 0.25) is 0 Å². The summed E-state index contributed by atoms with van der Waals surface area (Å²) in [5, 5.41) is 2.99. The lowest BCUT2D eigenvalue weighted by atomic mass is 10.1. The van der Waals surface area contributed by atoms with Crippen LogP contribution in [0, 0.1) is 0 Å². The fraction of sp³-hybridized carbons (Fsp3) is 0. The van der Waals surface area contributed by atoms with E-state index in [1.54, 1.807) is 4.90 Å². The molecule has 4 aromatic carbocycles. The van der Waals surface area contributed by atoms with Crippen molar-refractivity contribution in [3.63, 3.8) is 0 Å². The highest BCUT2D eigenvalue weighted by atomic mass is 32.2. The molecule has 1 saturated heterocycles. The zero-order valence-electron chi connectivity index (χ0n) is 16.1. The number of amides is 1. The highest BCUT2D eigenvalue weighted by Gasteiger charge is 2.34. The monoisotopic (exact) mass is 406 g/mol. The Kier molecular flexibility index (Phi) is 4.91. The highest BCUT2D eigenvalue weighted by Crippen LogP contribution is 2.37. The molecule has 30 heavy (non-hydrogen) atoms. The zero-order chi connectivity index (χ0) is 20.3. The molecule has 0 aliphatic carbocycles. The summed E-state index contributed by atoms with van der Waals surface area (Å²) in [6, 6.07) is 33.8. The molecule has 1 aliphatic heterocycles. The number of fused-ring (bicyclic) bond motifs is 1. The van der Waals surface area contributed by atoms with Gasteiger partial charge in [-0.1, -0.05) is 72.8 Å². The normalized spacial score (nSPS) is 16.7. The molecule has 0 N–H and O–H groups in total. The number of para-hydroxylation sites is 2. The van der Waals surface area contributed by atoms with Crippen molar-refractivity contribution in [1.29, 1.82) is 0 Å². The van der Waals surface area contributed by atoms with E-state index in [0.29, 0.717) is 10.1 Å². The van der Waals surface area contributed by atoms with E-state index in [9.17, 15) is 4.79 Å². The van der Waals surface area contributed by atoms with Gasteiger partial charge in [0.25, 0.3) is 5.91 Å². The summed E-state index contributed by atoms with van der Waals surface area (Å²) >= 11 is 1.40. The second-order valence-corrected chi connectivity index (χ2v) is 7.93. The summed E-state index contributed by atoms with van der Waals surface area (Å²) < 4.78 is 0. The Morgan fingerprint density at radius 2 is 1.40 bits per heavy atom. The van der Waals surface area contributed by atoms with Gasteiger partial charge in [0, 0.05) is 0 Å². The van der Waals surface area contributed by atoms with Crippen LogP contribution in [0.1, 0.15) is 5.56 Å². The first kappa shape index (κ1) is 18.4. The number of nitrogens with zero attached hydrogens (tertiary/aromatic N) is 2. The Morgan fingerprint density at radius 1 is 0.733 bits per heavy atom.